The van der Waals surface area contributed by atoms with Gasteiger partial charge in [-0.2, -0.15) is 12.6 Å². The fourth-order valence-corrected chi connectivity index (χ4v) is 3.14. The summed E-state index contributed by atoms with van der Waals surface area (Å²) in [6.45, 7) is 3.80. The van der Waals surface area contributed by atoms with Crippen LogP contribution in [0.5, 0.6) is 0 Å². The average Bonchev–Trinajstić information content (AvgIpc) is 2.75. The lowest BCUT2D eigenvalue weighted by Gasteiger charge is -2.26. The van der Waals surface area contributed by atoms with Gasteiger partial charge in [-0.3, -0.25) is 24.2 Å². The third-order valence-corrected chi connectivity index (χ3v) is 5.09. The molecule has 0 spiro atoms. The minimum absolute atomic E-state index is 0.0373. The van der Waals surface area contributed by atoms with E-state index in [9.17, 15) is 24.0 Å². The van der Waals surface area contributed by atoms with Crippen molar-refractivity contribution in [1.82, 2.24) is 16.0 Å². The number of carbonyl (C=O) groups excluding carboxylic acids is 3. The molecule has 4 atom stereocenters. The predicted molar refractivity (Wildman–Crippen MR) is 131 cm³/mol. The number of nitrogens with two attached hydrogens (primary N) is 3. The molecule has 0 aliphatic heterocycles. The van der Waals surface area contributed by atoms with Gasteiger partial charge in [-0.1, -0.05) is 13.8 Å². The Morgan fingerprint density at radius 1 is 0.886 bits per heavy atom. The molecule has 3 amide bonds. The Morgan fingerprint density at radius 3 is 1.91 bits per heavy atom. The summed E-state index contributed by atoms with van der Waals surface area (Å²) in [6, 6.07) is -4.63. The summed E-state index contributed by atoms with van der Waals surface area (Å²) in [4.78, 5) is 63.9. The van der Waals surface area contributed by atoms with Gasteiger partial charge in [0.1, 0.15) is 18.1 Å². The minimum atomic E-state index is -1.27. The highest BCUT2D eigenvalue weighted by molar-refractivity contribution is 7.80. The monoisotopic (exact) mass is 519 g/mol. The van der Waals surface area contributed by atoms with Gasteiger partial charge in [-0.25, -0.2) is 4.79 Å². The first-order valence-corrected chi connectivity index (χ1v) is 11.7. The van der Waals surface area contributed by atoms with Gasteiger partial charge in [0, 0.05) is 18.7 Å². The molecule has 0 rings (SSSR count). The lowest BCUT2D eigenvalue weighted by atomic mass is 10.0. The van der Waals surface area contributed by atoms with Crippen molar-refractivity contribution < 1.29 is 34.2 Å². The van der Waals surface area contributed by atoms with Gasteiger partial charge in [0.25, 0.3) is 0 Å². The molecule has 0 aliphatic carbocycles. The third-order valence-electron chi connectivity index (χ3n) is 4.72. The van der Waals surface area contributed by atoms with E-state index < -0.39 is 53.8 Å². The largest absolute Gasteiger partial charge is 0.481 e. The molecule has 0 fully saturated rings. The summed E-state index contributed by atoms with van der Waals surface area (Å²) in [7, 11) is 0. The Bertz CT molecular complexity index is 775. The van der Waals surface area contributed by atoms with E-state index in [2.05, 4.69) is 33.6 Å². The summed E-state index contributed by atoms with van der Waals surface area (Å²) in [5.41, 5.74) is 16.3. The minimum Gasteiger partial charge on any atom is -0.481 e. The van der Waals surface area contributed by atoms with Crippen LogP contribution in [0.2, 0.25) is 0 Å². The molecule has 15 heteroatoms. The van der Waals surface area contributed by atoms with E-state index in [1.807, 2.05) is 13.8 Å². The fraction of sp³-hybridized carbons (Fsp3) is 0.700. The van der Waals surface area contributed by atoms with Gasteiger partial charge < -0.3 is 43.4 Å². The van der Waals surface area contributed by atoms with Gasteiger partial charge in [0.05, 0.1) is 6.04 Å². The summed E-state index contributed by atoms with van der Waals surface area (Å²) in [6.07, 6.45) is 0.112. The number of carbonyl (C=O) groups is 5. The average molecular weight is 520 g/mol. The zero-order valence-electron chi connectivity index (χ0n) is 19.9. The zero-order valence-corrected chi connectivity index (χ0v) is 20.8. The normalized spacial score (nSPS) is 14.2. The molecule has 0 saturated carbocycles. The Hall–Kier alpha value is -3.07. The first-order valence-electron chi connectivity index (χ1n) is 11.1. The van der Waals surface area contributed by atoms with Crippen molar-refractivity contribution in [2.75, 3.05) is 12.3 Å². The van der Waals surface area contributed by atoms with Crippen LogP contribution in [-0.4, -0.2) is 82.3 Å². The number of rotatable bonds is 17. The van der Waals surface area contributed by atoms with Crippen molar-refractivity contribution >= 4 is 48.2 Å². The van der Waals surface area contributed by atoms with Gasteiger partial charge in [-0.15, -0.1) is 0 Å². The summed E-state index contributed by atoms with van der Waals surface area (Å²) in [5, 5.41) is 25.3. The standard InChI is InChI=1S/C20H37N7O7S/c1-10(2)8-13(18(32)27-14(9-35)19(33)34)26-17(31)12(4-3-7-24-20(22)23)25-16(30)11(21)5-6-15(28)29/h10-14,35H,3-9,21H2,1-2H3,(H,25,30)(H,26,31)(H,27,32)(H,28,29)(H,33,34)(H4,22,23,24). The van der Waals surface area contributed by atoms with Crippen LogP contribution in [0.3, 0.4) is 0 Å². The topological polar surface area (TPSA) is 252 Å². The number of carboxylic acid groups (broad SMARTS) is 2. The van der Waals surface area contributed by atoms with Crippen molar-refractivity contribution in [1.29, 1.82) is 0 Å². The fourth-order valence-electron chi connectivity index (χ4n) is 2.89. The molecule has 0 aromatic carbocycles. The Labute approximate surface area is 209 Å². The molecule has 14 nitrogen and oxygen atoms in total. The number of aliphatic carboxylic acids is 2. The van der Waals surface area contributed by atoms with Gasteiger partial charge in [0.2, 0.25) is 17.7 Å². The second-order valence-electron chi connectivity index (χ2n) is 8.32. The third kappa shape index (κ3) is 14.0. The highest BCUT2D eigenvalue weighted by Crippen LogP contribution is 2.08. The SMILES string of the molecule is CC(C)CC(NC(=O)C(CCCN=C(N)N)NC(=O)C(N)CCC(=O)O)C(=O)NC(CS)C(=O)O. The van der Waals surface area contributed by atoms with Crippen molar-refractivity contribution in [3.8, 4) is 0 Å². The van der Waals surface area contributed by atoms with E-state index in [0.717, 1.165) is 0 Å². The number of nitrogens with zero attached hydrogens (tertiary/aromatic N) is 1. The number of nitrogens with one attached hydrogen (secondary N) is 3. The van der Waals surface area contributed by atoms with Crippen molar-refractivity contribution in [2.24, 2.45) is 28.1 Å². The number of aliphatic imine (C=N–C) groups is 1. The molecule has 11 N–H and O–H groups in total. The molecule has 0 bridgehead atoms. The Kier molecular flexibility index (Phi) is 15.1. The number of thiol groups is 1. The highest BCUT2D eigenvalue weighted by Gasteiger charge is 2.30. The van der Waals surface area contributed by atoms with Crippen LogP contribution in [-0.2, 0) is 24.0 Å². The van der Waals surface area contributed by atoms with Crippen LogP contribution >= 0.6 is 12.6 Å². The van der Waals surface area contributed by atoms with E-state index in [-0.39, 0.29) is 49.9 Å². The van der Waals surface area contributed by atoms with Gasteiger partial charge in [0.15, 0.2) is 5.96 Å². The van der Waals surface area contributed by atoms with Crippen molar-refractivity contribution in [2.45, 2.75) is 70.1 Å². The predicted octanol–water partition coefficient (Wildman–Crippen LogP) is -2.25. The molecular formula is C20H37N7O7S. The number of carboxylic acids is 2. The molecule has 0 radical (unpaired) electrons. The van der Waals surface area contributed by atoms with Crippen LogP contribution < -0.4 is 33.2 Å². The van der Waals surface area contributed by atoms with Crippen LogP contribution in [0.1, 0.15) is 46.0 Å². The molecule has 0 aromatic rings. The highest BCUT2D eigenvalue weighted by atomic mass is 32.1. The maximum Gasteiger partial charge on any atom is 0.327 e. The molecule has 0 heterocycles. The molecule has 4 unspecified atom stereocenters. The lowest BCUT2D eigenvalue weighted by Crippen LogP contribution is -2.57. The lowest BCUT2D eigenvalue weighted by molar-refractivity contribution is -0.141. The van der Waals surface area contributed by atoms with E-state index in [4.69, 9.17) is 27.4 Å². The molecule has 0 aromatic heterocycles. The van der Waals surface area contributed by atoms with E-state index in [1.165, 1.54) is 0 Å². The quantitative estimate of drug-likeness (QED) is 0.0431. The molecule has 0 aliphatic rings. The van der Waals surface area contributed by atoms with Crippen molar-refractivity contribution in [3.63, 3.8) is 0 Å². The maximum absolute atomic E-state index is 13.0. The molecular weight excluding hydrogens is 482 g/mol. The first-order chi connectivity index (χ1) is 16.3. The summed E-state index contributed by atoms with van der Waals surface area (Å²) < 4.78 is 0. The second-order valence-corrected chi connectivity index (χ2v) is 8.69. The van der Waals surface area contributed by atoms with Crippen LogP contribution in [0, 0.1) is 5.92 Å². The van der Waals surface area contributed by atoms with Gasteiger partial charge in [-0.05, 0) is 31.6 Å². The molecule has 35 heavy (non-hydrogen) atoms. The van der Waals surface area contributed by atoms with E-state index in [0.29, 0.717) is 6.42 Å². The van der Waals surface area contributed by atoms with Gasteiger partial charge >= 0.3 is 11.9 Å². The maximum atomic E-state index is 13.0. The molecule has 0 saturated heterocycles. The molecule has 200 valence electrons. The van der Waals surface area contributed by atoms with Crippen LogP contribution in [0.25, 0.3) is 0 Å². The number of amides is 3. The Balaban J connectivity index is 5.52. The smallest absolute Gasteiger partial charge is 0.327 e. The number of hydrogen-bond donors (Lipinski definition) is 9. The summed E-state index contributed by atoms with van der Waals surface area (Å²) in [5.74, 6) is -4.88. The van der Waals surface area contributed by atoms with E-state index >= 15 is 0 Å². The second kappa shape index (κ2) is 16.5. The van der Waals surface area contributed by atoms with Crippen molar-refractivity contribution in [3.05, 3.63) is 0 Å². The summed E-state index contributed by atoms with van der Waals surface area (Å²) >= 11 is 3.91. The zero-order chi connectivity index (χ0) is 27.1. The number of guanidine groups is 1. The van der Waals surface area contributed by atoms with Crippen LogP contribution in [0.15, 0.2) is 4.99 Å². The van der Waals surface area contributed by atoms with E-state index in [1.54, 1.807) is 0 Å². The number of hydrogen-bond acceptors (Lipinski definition) is 8. The first kappa shape index (κ1) is 31.9. The Morgan fingerprint density at radius 2 is 1.43 bits per heavy atom. The van der Waals surface area contributed by atoms with Crippen LogP contribution in [0.4, 0.5) is 0 Å².